The van der Waals surface area contributed by atoms with Crippen molar-refractivity contribution in [2.24, 2.45) is 5.92 Å². The maximum atomic E-state index is 10.1. The van der Waals surface area contributed by atoms with Crippen LogP contribution >= 0.6 is 0 Å². The van der Waals surface area contributed by atoms with Crippen LogP contribution in [0.4, 0.5) is 0 Å². The Morgan fingerprint density at radius 3 is 1.65 bits per heavy atom. The molecule has 0 saturated heterocycles. The van der Waals surface area contributed by atoms with E-state index >= 15 is 0 Å². The van der Waals surface area contributed by atoms with Crippen molar-refractivity contribution in [1.82, 2.24) is 9.97 Å². The first-order valence-electron chi connectivity index (χ1n) is 8.66. The van der Waals surface area contributed by atoms with E-state index in [0.29, 0.717) is 22.4 Å². The molecule has 1 rings (SSSR count). The van der Waals surface area contributed by atoms with Gasteiger partial charge in [0.2, 0.25) is 5.82 Å². The first-order valence-corrected chi connectivity index (χ1v) is 10.9. The number of hydrogen-bond acceptors (Lipinski definition) is 3. The summed E-state index contributed by atoms with van der Waals surface area (Å²) in [5.74, 6) is 3.94. The molecule has 128 valence electrons. The minimum Gasteiger partial charge on any atom is -0.388 e. The van der Waals surface area contributed by atoms with Gasteiger partial charge in [0.15, 0.2) is 0 Å². The number of rotatable bonds is 5. The standard InChI is InChI=1S/C19H32N2OSi/c1-13(2)19(22)17-11-20-18(21-12-17)9-10-23(14(3)4,15(5)6)16(7)8/h11-16,19,22H,1-8H3. The number of aliphatic hydroxyl groups is 1. The molecule has 0 radical (unpaired) electrons. The highest BCUT2D eigenvalue weighted by Crippen LogP contribution is 2.40. The molecule has 1 aromatic rings. The topological polar surface area (TPSA) is 46.0 Å². The Kier molecular flexibility index (Phi) is 6.97. The molecule has 1 heterocycles. The van der Waals surface area contributed by atoms with Gasteiger partial charge in [0.25, 0.3) is 0 Å². The third kappa shape index (κ3) is 4.42. The van der Waals surface area contributed by atoms with Gasteiger partial charge in [-0.25, -0.2) is 9.97 Å². The molecule has 4 heteroatoms. The highest BCUT2D eigenvalue weighted by atomic mass is 28.3. The SMILES string of the molecule is CC(C)C(O)c1cnc(C#C[Si](C(C)C)(C(C)C)C(C)C)nc1. The van der Waals surface area contributed by atoms with E-state index in [4.69, 9.17) is 0 Å². The highest BCUT2D eigenvalue weighted by molar-refractivity contribution is 6.90. The monoisotopic (exact) mass is 332 g/mol. The van der Waals surface area contributed by atoms with Crippen LogP contribution in [0.1, 0.15) is 72.9 Å². The molecule has 0 saturated carbocycles. The lowest BCUT2D eigenvalue weighted by Gasteiger charge is -2.37. The fourth-order valence-corrected chi connectivity index (χ4v) is 8.73. The fourth-order valence-electron chi connectivity index (χ4n) is 3.54. The van der Waals surface area contributed by atoms with Crippen molar-refractivity contribution in [3.63, 3.8) is 0 Å². The van der Waals surface area contributed by atoms with Gasteiger partial charge in [-0.15, -0.1) is 5.54 Å². The Morgan fingerprint density at radius 2 is 1.30 bits per heavy atom. The van der Waals surface area contributed by atoms with Crippen molar-refractivity contribution in [2.45, 2.75) is 78.1 Å². The van der Waals surface area contributed by atoms with E-state index in [1.54, 1.807) is 12.4 Å². The van der Waals surface area contributed by atoms with Crippen LogP contribution in [0.2, 0.25) is 16.6 Å². The van der Waals surface area contributed by atoms with Crippen LogP contribution in [-0.2, 0) is 0 Å². The van der Waals surface area contributed by atoms with Gasteiger partial charge in [0.1, 0.15) is 8.07 Å². The zero-order valence-electron chi connectivity index (χ0n) is 15.9. The second-order valence-electron chi connectivity index (χ2n) is 7.68. The molecule has 3 nitrogen and oxygen atoms in total. The molecule has 0 aliphatic heterocycles. The summed E-state index contributed by atoms with van der Waals surface area (Å²) in [6.45, 7) is 17.7. The molecule has 1 unspecified atom stereocenters. The van der Waals surface area contributed by atoms with Crippen LogP contribution in [0, 0.1) is 17.4 Å². The van der Waals surface area contributed by atoms with Gasteiger partial charge in [-0.2, -0.15) is 0 Å². The molecule has 1 N–H and O–H groups in total. The lowest BCUT2D eigenvalue weighted by atomic mass is 10.0. The fraction of sp³-hybridized carbons (Fsp3) is 0.684. The minimum atomic E-state index is -1.75. The number of nitrogens with zero attached hydrogens (tertiary/aromatic N) is 2. The largest absolute Gasteiger partial charge is 0.388 e. The van der Waals surface area contributed by atoms with E-state index in [9.17, 15) is 5.11 Å². The normalized spacial score (nSPS) is 13.6. The summed E-state index contributed by atoms with van der Waals surface area (Å²) < 4.78 is 0. The minimum absolute atomic E-state index is 0.151. The summed E-state index contributed by atoms with van der Waals surface area (Å²) in [6, 6.07) is 0. The Morgan fingerprint density at radius 1 is 0.870 bits per heavy atom. The summed E-state index contributed by atoms with van der Waals surface area (Å²) >= 11 is 0. The molecular formula is C19H32N2OSi. The molecule has 0 aliphatic carbocycles. The average Bonchev–Trinajstić information content (AvgIpc) is 2.46. The molecule has 0 spiro atoms. The molecular weight excluding hydrogens is 300 g/mol. The quantitative estimate of drug-likeness (QED) is 0.626. The van der Waals surface area contributed by atoms with Crippen molar-refractivity contribution in [1.29, 1.82) is 0 Å². The van der Waals surface area contributed by atoms with Gasteiger partial charge in [0.05, 0.1) is 6.10 Å². The van der Waals surface area contributed by atoms with E-state index in [1.807, 2.05) is 13.8 Å². The van der Waals surface area contributed by atoms with Crippen molar-refractivity contribution in [3.05, 3.63) is 23.8 Å². The van der Waals surface area contributed by atoms with Gasteiger partial charge >= 0.3 is 0 Å². The van der Waals surface area contributed by atoms with Gasteiger partial charge < -0.3 is 5.11 Å². The Bertz CT molecular complexity index is 531. The van der Waals surface area contributed by atoms with E-state index in [1.165, 1.54) is 0 Å². The second-order valence-corrected chi connectivity index (χ2v) is 13.3. The maximum absolute atomic E-state index is 10.1. The summed E-state index contributed by atoms with van der Waals surface area (Å²) in [6.07, 6.45) is 2.88. The van der Waals surface area contributed by atoms with Crippen LogP contribution in [0.3, 0.4) is 0 Å². The molecule has 0 bridgehead atoms. The summed E-state index contributed by atoms with van der Waals surface area (Å²) in [7, 11) is -1.75. The molecule has 0 amide bonds. The zero-order valence-corrected chi connectivity index (χ0v) is 16.9. The third-order valence-electron chi connectivity index (χ3n) is 4.90. The predicted molar refractivity (Wildman–Crippen MR) is 99.8 cm³/mol. The van der Waals surface area contributed by atoms with Crippen LogP contribution in [-0.4, -0.2) is 23.1 Å². The number of aliphatic hydroxyl groups excluding tert-OH is 1. The lowest BCUT2D eigenvalue weighted by Crippen LogP contribution is -2.43. The van der Waals surface area contributed by atoms with Crippen molar-refractivity contribution in [3.8, 4) is 11.5 Å². The van der Waals surface area contributed by atoms with Crippen LogP contribution < -0.4 is 0 Å². The van der Waals surface area contributed by atoms with Gasteiger partial charge in [-0.1, -0.05) is 55.4 Å². The smallest absolute Gasteiger partial charge is 0.204 e. The maximum Gasteiger partial charge on any atom is 0.204 e. The molecule has 0 aromatic carbocycles. The number of hydrogen-bond donors (Lipinski definition) is 1. The molecule has 23 heavy (non-hydrogen) atoms. The van der Waals surface area contributed by atoms with Gasteiger partial charge in [0, 0.05) is 18.0 Å². The lowest BCUT2D eigenvalue weighted by molar-refractivity contribution is 0.126. The first kappa shape index (κ1) is 19.9. The van der Waals surface area contributed by atoms with E-state index in [0.717, 1.165) is 5.56 Å². The first-order chi connectivity index (χ1) is 10.6. The molecule has 1 aromatic heterocycles. The van der Waals surface area contributed by atoms with E-state index < -0.39 is 14.2 Å². The van der Waals surface area contributed by atoms with Crippen LogP contribution in [0.25, 0.3) is 0 Å². The summed E-state index contributed by atoms with van der Waals surface area (Å²) in [4.78, 5) is 8.68. The van der Waals surface area contributed by atoms with E-state index in [2.05, 4.69) is 63.0 Å². The van der Waals surface area contributed by atoms with Crippen LogP contribution in [0.5, 0.6) is 0 Å². The Hall–Kier alpha value is -1.18. The summed E-state index contributed by atoms with van der Waals surface area (Å²) in [5.41, 5.74) is 6.16. The van der Waals surface area contributed by atoms with Crippen LogP contribution in [0.15, 0.2) is 12.4 Å². The highest BCUT2D eigenvalue weighted by Gasteiger charge is 2.41. The van der Waals surface area contributed by atoms with Crippen molar-refractivity contribution in [2.75, 3.05) is 0 Å². The Labute approximate surface area is 143 Å². The second kappa shape index (κ2) is 8.08. The molecule has 0 aliphatic rings. The summed E-state index contributed by atoms with van der Waals surface area (Å²) in [5, 5.41) is 10.1. The molecule has 0 fully saturated rings. The third-order valence-corrected chi connectivity index (χ3v) is 11.2. The predicted octanol–water partition coefficient (Wildman–Crippen LogP) is 4.74. The zero-order chi connectivity index (χ0) is 17.8. The van der Waals surface area contributed by atoms with Gasteiger partial charge in [-0.05, 0) is 28.5 Å². The van der Waals surface area contributed by atoms with Crippen molar-refractivity contribution >= 4 is 8.07 Å². The van der Waals surface area contributed by atoms with Crippen molar-refractivity contribution < 1.29 is 5.11 Å². The van der Waals surface area contributed by atoms with Gasteiger partial charge in [-0.3, -0.25) is 0 Å². The molecule has 1 atom stereocenters. The Balaban J connectivity index is 3.13. The number of aromatic nitrogens is 2. The van der Waals surface area contributed by atoms with E-state index in [-0.39, 0.29) is 5.92 Å². The average molecular weight is 333 g/mol.